The van der Waals surface area contributed by atoms with Gasteiger partial charge < -0.3 is 15.7 Å². The number of amides is 1. The molecule has 0 aromatic carbocycles. The van der Waals surface area contributed by atoms with Gasteiger partial charge in [-0.3, -0.25) is 4.79 Å². The van der Waals surface area contributed by atoms with Gasteiger partial charge in [-0.25, -0.2) is 0 Å². The molecule has 0 aliphatic carbocycles. The molecule has 0 aromatic heterocycles. The van der Waals surface area contributed by atoms with Crippen LogP contribution in [-0.4, -0.2) is 41.7 Å². The maximum atomic E-state index is 11.7. The topological polar surface area (TPSA) is 66.6 Å². The fourth-order valence-corrected chi connectivity index (χ4v) is 1.10. The standard InChI is InChI=1S/C11H24N2O2/c1-9(7-12)5-6-10(15)13(4)11(2,3)8-14/h9,14H,5-8,12H2,1-4H3. The van der Waals surface area contributed by atoms with Gasteiger partial charge in [-0.1, -0.05) is 6.92 Å². The Balaban J connectivity index is 4.11. The lowest BCUT2D eigenvalue weighted by molar-refractivity contribution is -0.136. The van der Waals surface area contributed by atoms with Crippen molar-refractivity contribution in [2.45, 2.75) is 39.2 Å². The SMILES string of the molecule is CC(CN)CCC(=O)N(C)C(C)(C)CO. The van der Waals surface area contributed by atoms with Crippen LogP contribution >= 0.6 is 0 Å². The van der Waals surface area contributed by atoms with Crippen LogP contribution < -0.4 is 5.73 Å². The van der Waals surface area contributed by atoms with Gasteiger partial charge in [0.1, 0.15) is 0 Å². The van der Waals surface area contributed by atoms with Crippen molar-refractivity contribution in [1.82, 2.24) is 4.90 Å². The fourth-order valence-electron chi connectivity index (χ4n) is 1.10. The number of aliphatic hydroxyl groups excluding tert-OH is 1. The Kier molecular flexibility index (Phi) is 5.83. The number of likely N-dealkylation sites (N-methyl/N-ethyl adjacent to an activating group) is 1. The zero-order valence-electron chi connectivity index (χ0n) is 10.3. The summed E-state index contributed by atoms with van der Waals surface area (Å²) in [5.74, 6) is 0.439. The largest absolute Gasteiger partial charge is 0.394 e. The van der Waals surface area contributed by atoms with E-state index in [-0.39, 0.29) is 12.5 Å². The number of nitrogens with zero attached hydrogens (tertiary/aromatic N) is 1. The maximum Gasteiger partial charge on any atom is 0.222 e. The minimum Gasteiger partial charge on any atom is -0.394 e. The predicted octanol–water partition coefficient (Wildman–Crippen LogP) is 0.591. The molecule has 0 bridgehead atoms. The van der Waals surface area contributed by atoms with Crippen molar-refractivity contribution in [3.8, 4) is 0 Å². The summed E-state index contributed by atoms with van der Waals surface area (Å²) in [7, 11) is 1.73. The lowest BCUT2D eigenvalue weighted by Crippen LogP contribution is -2.47. The highest BCUT2D eigenvalue weighted by Crippen LogP contribution is 2.14. The second-order valence-electron chi connectivity index (χ2n) is 4.80. The highest BCUT2D eigenvalue weighted by atomic mass is 16.3. The number of carbonyl (C=O) groups excluding carboxylic acids is 1. The van der Waals surface area contributed by atoms with E-state index in [1.165, 1.54) is 0 Å². The zero-order valence-corrected chi connectivity index (χ0v) is 10.3. The zero-order chi connectivity index (χ0) is 12.1. The Bertz CT molecular complexity index is 205. The van der Waals surface area contributed by atoms with Crippen LogP contribution in [0.2, 0.25) is 0 Å². The molecule has 0 heterocycles. The summed E-state index contributed by atoms with van der Waals surface area (Å²) in [6.45, 7) is 6.31. The highest BCUT2D eigenvalue weighted by Gasteiger charge is 2.26. The second-order valence-corrected chi connectivity index (χ2v) is 4.80. The molecule has 0 aliphatic rings. The van der Waals surface area contributed by atoms with E-state index in [1.54, 1.807) is 11.9 Å². The molecule has 15 heavy (non-hydrogen) atoms. The molecule has 0 aliphatic heterocycles. The molecule has 0 rings (SSSR count). The van der Waals surface area contributed by atoms with Crippen LogP contribution in [0, 0.1) is 5.92 Å². The minimum absolute atomic E-state index is 0.0261. The van der Waals surface area contributed by atoms with Gasteiger partial charge in [0.05, 0.1) is 12.1 Å². The lowest BCUT2D eigenvalue weighted by Gasteiger charge is -2.34. The van der Waals surface area contributed by atoms with Crippen LogP contribution in [0.1, 0.15) is 33.6 Å². The average Bonchev–Trinajstić information content (AvgIpc) is 2.23. The molecule has 4 nitrogen and oxygen atoms in total. The van der Waals surface area contributed by atoms with Gasteiger partial charge in [-0.05, 0) is 32.7 Å². The number of nitrogens with two attached hydrogens (primary N) is 1. The van der Waals surface area contributed by atoms with Gasteiger partial charge in [-0.15, -0.1) is 0 Å². The first kappa shape index (κ1) is 14.4. The summed E-state index contributed by atoms with van der Waals surface area (Å²) in [5.41, 5.74) is 5.00. The van der Waals surface area contributed by atoms with Crippen LogP contribution in [0.15, 0.2) is 0 Å². The molecule has 1 unspecified atom stereocenters. The van der Waals surface area contributed by atoms with E-state index >= 15 is 0 Å². The molecule has 0 fully saturated rings. The first-order valence-corrected chi connectivity index (χ1v) is 5.42. The third kappa shape index (κ3) is 4.62. The van der Waals surface area contributed by atoms with Gasteiger partial charge in [0.25, 0.3) is 0 Å². The molecule has 0 aromatic rings. The number of hydrogen-bond acceptors (Lipinski definition) is 3. The van der Waals surface area contributed by atoms with Crippen LogP contribution in [0.5, 0.6) is 0 Å². The summed E-state index contributed by atoms with van der Waals surface area (Å²) >= 11 is 0. The number of hydrogen-bond donors (Lipinski definition) is 2. The molecule has 0 radical (unpaired) electrons. The van der Waals surface area contributed by atoms with Gasteiger partial charge in [0.2, 0.25) is 5.91 Å². The normalized spacial score (nSPS) is 13.7. The van der Waals surface area contributed by atoms with Crippen LogP contribution in [-0.2, 0) is 4.79 Å². The van der Waals surface area contributed by atoms with Crippen molar-refractivity contribution in [2.24, 2.45) is 11.7 Å². The Morgan fingerprint density at radius 2 is 2.07 bits per heavy atom. The molecule has 1 atom stereocenters. The molecular formula is C11H24N2O2. The first-order chi connectivity index (χ1) is 6.85. The van der Waals surface area contributed by atoms with Crippen molar-refractivity contribution in [3.05, 3.63) is 0 Å². The molecule has 1 amide bonds. The van der Waals surface area contributed by atoms with E-state index in [0.29, 0.717) is 18.9 Å². The van der Waals surface area contributed by atoms with Crippen molar-refractivity contribution >= 4 is 5.91 Å². The van der Waals surface area contributed by atoms with E-state index in [1.807, 2.05) is 20.8 Å². The smallest absolute Gasteiger partial charge is 0.222 e. The highest BCUT2D eigenvalue weighted by molar-refractivity contribution is 5.76. The van der Waals surface area contributed by atoms with E-state index in [9.17, 15) is 4.79 Å². The molecule has 90 valence electrons. The van der Waals surface area contributed by atoms with E-state index in [2.05, 4.69) is 0 Å². The third-order valence-corrected chi connectivity index (χ3v) is 2.92. The molecule has 3 N–H and O–H groups in total. The number of carbonyl (C=O) groups is 1. The summed E-state index contributed by atoms with van der Waals surface area (Å²) in [6.07, 6.45) is 1.31. The van der Waals surface area contributed by atoms with E-state index in [4.69, 9.17) is 10.8 Å². The Morgan fingerprint density at radius 3 is 2.47 bits per heavy atom. The molecule has 0 spiro atoms. The monoisotopic (exact) mass is 216 g/mol. The summed E-state index contributed by atoms with van der Waals surface area (Å²) in [6, 6.07) is 0. The van der Waals surface area contributed by atoms with E-state index in [0.717, 1.165) is 6.42 Å². The first-order valence-electron chi connectivity index (χ1n) is 5.42. The fraction of sp³-hybridized carbons (Fsp3) is 0.909. The predicted molar refractivity (Wildman–Crippen MR) is 61.4 cm³/mol. The van der Waals surface area contributed by atoms with Gasteiger partial charge in [0.15, 0.2) is 0 Å². The number of rotatable bonds is 6. The average molecular weight is 216 g/mol. The Hall–Kier alpha value is -0.610. The molecule has 4 heteroatoms. The third-order valence-electron chi connectivity index (χ3n) is 2.92. The quantitative estimate of drug-likeness (QED) is 0.683. The summed E-state index contributed by atoms with van der Waals surface area (Å²) < 4.78 is 0. The number of aliphatic hydroxyl groups is 1. The summed E-state index contributed by atoms with van der Waals surface area (Å²) in [4.78, 5) is 13.4. The Morgan fingerprint density at radius 1 is 1.53 bits per heavy atom. The Labute approximate surface area is 92.4 Å². The minimum atomic E-state index is -0.483. The van der Waals surface area contributed by atoms with Crippen molar-refractivity contribution in [2.75, 3.05) is 20.2 Å². The van der Waals surface area contributed by atoms with Crippen molar-refractivity contribution < 1.29 is 9.90 Å². The van der Waals surface area contributed by atoms with Crippen molar-refractivity contribution in [3.63, 3.8) is 0 Å². The summed E-state index contributed by atoms with van der Waals surface area (Å²) in [5, 5.41) is 9.12. The van der Waals surface area contributed by atoms with E-state index < -0.39 is 5.54 Å². The molecule has 0 saturated heterocycles. The van der Waals surface area contributed by atoms with Gasteiger partial charge in [0, 0.05) is 13.5 Å². The van der Waals surface area contributed by atoms with Crippen LogP contribution in [0.25, 0.3) is 0 Å². The van der Waals surface area contributed by atoms with Crippen LogP contribution in [0.4, 0.5) is 0 Å². The van der Waals surface area contributed by atoms with Gasteiger partial charge >= 0.3 is 0 Å². The second kappa shape index (κ2) is 6.08. The van der Waals surface area contributed by atoms with Gasteiger partial charge in [-0.2, -0.15) is 0 Å². The molecule has 0 saturated carbocycles. The molecular weight excluding hydrogens is 192 g/mol. The maximum absolute atomic E-state index is 11.7. The van der Waals surface area contributed by atoms with Crippen LogP contribution in [0.3, 0.4) is 0 Å². The van der Waals surface area contributed by atoms with Crippen molar-refractivity contribution in [1.29, 1.82) is 0 Å². The lowest BCUT2D eigenvalue weighted by atomic mass is 10.0.